The van der Waals surface area contributed by atoms with Crippen molar-refractivity contribution in [1.82, 2.24) is 0 Å². The first kappa shape index (κ1) is 17.6. The largest absolute Gasteiger partial charge is 0.326 e. The van der Waals surface area contributed by atoms with E-state index in [4.69, 9.17) is 11.5 Å². The second kappa shape index (κ2) is 11.7. The lowest BCUT2D eigenvalue weighted by atomic mass is 10.0. The zero-order valence-electron chi connectivity index (χ0n) is 12.3. The average molecular weight is 256 g/mol. The maximum absolute atomic E-state index is 11.6. The van der Waals surface area contributed by atoms with Crippen LogP contribution in [-0.2, 0) is 4.79 Å². The summed E-state index contributed by atoms with van der Waals surface area (Å²) >= 11 is 0. The van der Waals surface area contributed by atoms with Crippen LogP contribution in [0.3, 0.4) is 0 Å². The Morgan fingerprint density at radius 2 is 1.33 bits per heavy atom. The average Bonchev–Trinajstić information content (AvgIpc) is 2.35. The third kappa shape index (κ3) is 9.60. The van der Waals surface area contributed by atoms with Gasteiger partial charge in [0.25, 0.3) is 0 Å². The van der Waals surface area contributed by atoms with E-state index in [9.17, 15) is 4.79 Å². The van der Waals surface area contributed by atoms with Crippen molar-refractivity contribution >= 4 is 5.78 Å². The van der Waals surface area contributed by atoms with Gasteiger partial charge in [-0.15, -0.1) is 0 Å². The van der Waals surface area contributed by atoms with E-state index in [0.717, 1.165) is 12.8 Å². The van der Waals surface area contributed by atoms with Gasteiger partial charge in [-0.25, -0.2) is 0 Å². The molecule has 0 aromatic rings. The Bertz CT molecular complexity index is 205. The lowest BCUT2D eigenvalue weighted by Crippen LogP contribution is -2.45. The van der Waals surface area contributed by atoms with E-state index in [1.54, 1.807) is 6.92 Å². The molecule has 0 heterocycles. The molecule has 0 bridgehead atoms. The molecule has 0 aliphatic heterocycles. The topological polar surface area (TPSA) is 69.1 Å². The van der Waals surface area contributed by atoms with Crippen molar-refractivity contribution in [3.63, 3.8) is 0 Å². The van der Waals surface area contributed by atoms with Gasteiger partial charge in [-0.2, -0.15) is 0 Å². The summed E-state index contributed by atoms with van der Waals surface area (Å²) in [4.78, 5) is 11.6. The number of rotatable bonds is 12. The van der Waals surface area contributed by atoms with Crippen molar-refractivity contribution < 1.29 is 4.79 Å². The summed E-state index contributed by atoms with van der Waals surface area (Å²) in [6.45, 7) is 4.03. The van der Waals surface area contributed by atoms with E-state index in [2.05, 4.69) is 6.92 Å². The van der Waals surface area contributed by atoms with Gasteiger partial charge in [0.2, 0.25) is 0 Å². The zero-order chi connectivity index (χ0) is 13.8. The molecule has 0 spiro atoms. The van der Waals surface area contributed by atoms with Crippen LogP contribution >= 0.6 is 0 Å². The Balaban J connectivity index is 3.27. The number of carbonyl (C=O) groups is 1. The van der Waals surface area contributed by atoms with Gasteiger partial charge in [-0.3, -0.25) is 4.79 Å². The van der Waals surface area contributed by atoms with Crippen LogP contribution in [0.4, 0.5) is 0 Å². The fourth-order valence-corrected chi connectivity index (χ4v) is 2.07. The highest BCUT2D eigenvalue weighted by Gasteiger charge is 2.16. The molecule has 108 valence electrons. The molecule has 0 saturated carbocycles. The Labute approximate surface area is 113 Å². The summed E-state index contributed by atoms with van der Waals surface area (Å²) in [5.74, 6) is 0.118. The van der Waals surface area contributed by atoms with Gasteiger partial charge < -0.3 is 11.5 Å². The molecule has 2 unspecified atom stereocenters. The van der Waals surface area contributed by atoms with Gasteiger partial charge >= 0.3 is 0 Å². The van der Waals surface area contributed by atoms with Crippen LogP contribution in [0, 0.1) is 0 Å². The molecule has 0 aromatic carbocycles. The smallest absolute Gasteiger partial charge is 0.151 e. The molecule has 3 nitrogen and oxygen atoms in total. The molecule has 4 N–H and O–H groups in total. The molecule has 3 heteroatoms. The normalized spacial score (nSPS) is 14.4. The third-order valence-corrected chi connectivity index (χ3v) is 3.46. The van der Waals surface area contributed by atoms with Crippen LogP contribution in [0.2, 0.25) is 0 Å². The summed E-state index contributed by atoms with van der Waals surface area (Å²) in [6, 6.07) is -0.699. The molecule has 18 heavy (non-hydrogen) atoms. The van der Waals surface area contributed by atoms with Crippen LogP contribution in [-0.4, -0.2) is 17.9 Å². The van der Waals surface area contributed by atoms with E-state index in [-0.39, 0.29) is 11.8 Å². The predicted molar refractivity (Wildman–Crippen MR) is 78.5 cm³/mol. The Morgan fingerprint density at radius 1 is 0.889 bits per heavy atom. The standard InChI is InChI=1S/C15H32N2O/c1-3-4-5-6-7-8-9-10-11-12-14(18)15(17)13(2)16/h13,15H,3-12,16-17H2,1-2H3. The van der Waals surface area contributed by atoms with E-state index >= 15 is 0 Å². The highest BCUT2D eigenvalue weighted by atomic mass is 16.1. The molecular formula is C15H32N2O. The minimum Gasteiger partial charge on any atom is -0.326 e. The van der Waals surface area contributed by atoms with E-state index in [1.165, 1.54) is 44.9 Å². The summed E-state index contributed by atoms with van der Waals surface area (Å²) < 4.78 is 0. The molecule has 0 rings (SSSR count). The number of carbonyl (C=O) groups excluding carboxylic acids is 1. The van der Waals surface area contributed by atoms with Crippen molar-refractivity contribution in [2.45, 2.75) is 90.1 Å². The molecule has 0 amide bonds. The van der Waals surface area contributed by atoms with Gasteiger partial charge in [0.1, 0.15) is 0 Å². The first-order chi connectivity index (χ1) is 8.59. The molecule has 0 aliphatic rings. The van der Waals surface area contributed by atoms with E-state index in [1.807, 2.05) is 0 Å². The number of hydrogen-bond acceptors (Lipinski definition) is 3. The minimum absolute atomic E-state index is 0.118. The SMILES string of the molecule is CCCCCCCCCCCC(=O)C(N)C(C)N. The molecule has 0 saturated heterocycles. The predicted octanol–water partition coefficient (Wildman–Crippen LogP) is 3.15. The van der Waals surface area contributed by atoms with Crippen molar-refractivity contribution in [3.8, 4) is 0 Å². The first-order valence-corrected chi connectivity index (χ1v) is 7.63. The molecule has 2 atom stereocenters. The van der Waals surface area contributed by atoms with Crippen molar-refractivity contribution in [2.24, 2.45) is 11.5 Å². The number of ketones is 1. The summed E-state index contributed by atoms with van der Waals surface area (Å²) in [5.41, 5.74) is 11.3. The Morgan fingerprint density at radius 3 is 1.78 bits per heavy atom. The van der Waals surface area contributed by atoms with Crippen molar-refractivity contribution in [3.05, 3.63) is 0 Å². The summed E-state index contributed by atoms with van der Waals surface area (Å²) in [5, 5.41) is 0. The molecule has 0 aromatic heterocycles. The van der Waals surface area contributed by atoms with Crippen LogP contribution in [0.15, 0.2) is 0 Å². The molecule has 0 radical (unpaired) electrons. The summed E-state index contributed by atoms with van der Waals surface area (Å²) in [7, 11) is 0. The molecular weight excluding hydrogens is 224 g/mol. The number of nitrogens with two attached hydrogens (primary N) is 2. The van der Waals surface area contributed by atoms with Crippen molar-refractivity contribution in [1.29, 1.82) is 0 Å². The van der Waals surface area contributed by atoms with Gasteiger partial charge in [0.05, 0.1) is 6.04 Å². The van der Waals surface area contributed by atoms with E-state index in [0.29, 0.717) is 6.42 Å². The number of unbranched alkanes of at least 4 members (excludes halogenated alkanes) is 8. The van der Waals surface area contributed by atoms with Crippen molar-refractivity contribution in [2.75, 3.05) is 0 Å². The van der Waals surface area contributed by atoms with Gasteiger partial charge in [-0.05, 0) is 13.3 Å². The minimum atomic E-state index is -0.473. The third-order valence-electron chi connectivity index (χ3n) is 3.46. The lowest BCUT2D eigenvalue weighted by molar-refractivity contribution is -0.120. The fraction of sp³-hybridized carbons (Fsp3) is 0.933. The van der Waals surface area contributed by atoms with Crippen LogP contribution < -0.4 is 11.5 Å². The van der Waals surface area contributed by atoms with Crippen LogP contribution in [0.1, 0.15) is 78.1 Å². The Hall–Kier alpha value is -0.410. The van der Waals surface area contributed by atoms with Crippen LogP contribution in [0.25, 0.3) is 0 Å². The lowest BCUT2D eigenvalue weighted by Gasteiger charge is -2.13. The van der Waals surface area contributed by atoms with Gasteiger partial charge in [-0.1, -0.05) is 58.3 Å². The fourth-order valence-electron chi connectivity index (χ4n) is 2.07. The number of hydrogen-bond donors (Lipinski definition) is 2. The first-order valence-electron chi connectivity index (χ1n) is 7.63. The maximum atomic E-state index is 11.6. The highest BCUT2D eigenvalue weighted by Crippen LogP contribution is 2.11. The monoisotopic (exact) mass is 256 g/mol. The van der Waals surface area contributed by atoms with E-state index < -0.39 is 6.04 Å². The molecule has 0 fully saturated rings. The second-order valence-electron chi connectivity index (χ2n) is 5.43. The molecule has 0 aliphatic carbocycles. The Kier molecular flexibility index (Phi) is 11.4. The second-order valence-corrected chi connectivity index (χ2v) is 5.43. The quantitative estimate of drug-likeness (QED) is 0.527. The summed E-state index contributed by atoms with van der Waals surface area (Å²) in [6.07, 6.45) is 12.0. The zero-order valence-corrected chi connectivity index (χ0v) is 12.3. The van der Waals surface area contributed by atoms with Gasteiger partial charge in [0.15, 0.2) is 5.78 Å². The highest BCUT2D eigenvalue weighted by molar-refractivity contribution is 5.84. The maximum Gasteiger partial charge on any atom is 0.151 e. The number of Topliss-reactive ketones (excluding diaryl/α,β-unsaturated/α-hetero) is 1. The van der Waals surface area contributed by atoms with Crippen LogP contribution in [0.5, 0.6) is 0 Å². The van der Waals surface area contributed by atoms with Gasteiger partial charge in [0, 0.05) is 12.5 Å².